The summed E-state index contributed by atoms with van der Waals surface area (Å²) in [5.41, 5.74) is 1.41. The summed E-state index contributed by atoms with van der Waals surface area (Å²) in [6, 6.07) is 1.82. The van der Waals surface area contributed by atoms with Crippen LogP contribution in [0.1, 0.15) is 62.1 Å². The molecule has 1 fully saturated rings. The number of hydrogen-bond donors (Lipinski definition) is 0. The van der Waals surface area contributed by atoms with E-state index >= 15 is 0 Å². The number of carbonyl (C=O) groups excluding carboxylic acids is 1. The van der Waals surface area contributed by atoms with Crippen molar-refractivity contribution in [1.29, 1.82) is 0 Å². The molecule has 1 aromatic rings. The molecule has 0 bridgehead atoms. The lowest BCUT2D eigenvalue weighted by atomic mass is 10.1. The number of anilines is 1. The van der Waals surface area contributed by atoms with Gasteiger partial charge in [-0.3, -0.25) is 4.79 Å². The van der Waals surface area contributed by atoms with Crippen LogP contribution >= 0.6 is 0 Å². The quantitative estimate of drug-likeness (QED) is 0.810. The minimum atomic E-state index is 0.0550. The summed E-state index contributed by atoms with van der Waals surface area (Å²) in [4.78, 5) is 25.9. The first-order valence-corrected chi connectivity index (χ1v) is 8.55. The van der Waals surface area contributed by atoms with E-state index in [-0.39, 0.29) is 5.91 Å². The first-order valence-electron chi connectivity index (χ1n) is 8.55. The number of carbonyl (C=O) groups is 1. The second-order valence-corrected chi connectivity index (χ2v) is 6.03. The second-order valence-electron chi connectivity index (χ2n) is 6.03. The molecule has 22 heavy (non-hydrogen) atoms. The molecule has 1 saturated heterocycles. The fourth-order valence-electron chi connectivity index (χ4n) is 2.91. The molecule has 0 aromatic carbocycles. The van der Waals surface area contributed by atoms with Crippen LogP contribution in [0.2, 0.25) is 0 Å². The van der Waals surface area contributed by atoms with Crippen molar-refractivity contribution < 1.29 is 4.79 Å². The van der Waals surface area contributed by atoms with Crippen molar-refractivity contribution in [2.45, 2.75) is 52.9 Å². The van der Waals surface area contributed by atoms with Crippen LogP contribution in [0.3, 0.4) is 0 Å². The van der Waals surface area contributed by atoms with Gasteiger partial charge in [-0.05, 0) is 45.1 Å². The summed E-state index contributed by atoms with van der Waals surface area (Å²) in [5, 5.41) is 0. The Kier molecular flexibility index (Phi) is 6.16. The van der Waals surface area contributed by atoms with E-state index in [4.69, 9.17) is 0 Å². The number of likely N-dealkylation sites (tertiary alicyclic amines) is 1. The van der Waals surface area contributed by atoms with Crippen LogP contribution in [-0.4, -0.2) is 47.0 Å². The average Bonchev–Trinajstić information content (AvgIpc) is 2.54. The van der Waals surface area contributed by atoms with Crippen molar-refractivity contribution in [3.8, 4) is 0 Å². The molecule has 122 valence electrons. The maximum atomic E-state index is 12.7. The summed E-state index contributed by atoms with van der Waals surface area (Å²) in [6.07, 6.45) is 5.51. The average molecular weight is 304 g/mol. The highest BCUT2D eigenvalue weighted by molar-refractivity contribution is 5.92. The van der Waals surface area contributed by atoms with E-state index in [0.29, 0.717) is 11.6 Å². The molecule has 0 atom stereocenters. The minimum absolute atomic E-state index is 0.0550. The van der Waals surface area contributed by atoms with Crippen molar-refractivity contribution in [1.82, 2.24) is 14.9 Å². The van der Waals surface area contributed by atoms with Crippen LogP contribution in [0.5, 0.6) is 0 Å². The Hall–Kier alpha value is -1.65. The van der Waals surface area contributed by atoms with Gasteiger partial charge in [-0.2, -0.15) is 0 Å². The van der Waals surface area contributed by atoms with Crippen LogP contribution in [0, 0.1) is 6.92 Å². The smallest absolute Gasteiger partial charge is 0.272 e. The molecule has 1 aromatic heterocycles. The molecule has 2 rings (SSSR count). The third kappa shape index (κ3) is 4.18. The van der Waals surface area contributed by atoms with Crippen LogP contribution < -0.4 is 4.90 Å². The number of aryl methyl sites for hydroxylation is 1. The molecule has 0 saturated carbocycles. The van der Waals surface area contributed by atoms with E-state index in [1.807, 2.05) is 17.9 Å². The predicted octanol–water partition coefficient (Wildman–Crippen LogP) is 3.04. The second kappa shape index (κ2) is 8.11. The summed E-state index contributed by atoms with van der Waals surface area (Å²) < 4.78 is 0. The highest BCUT2D eigenvalue weighted by atomic mass is 16.2. The van der Waals surface area contributed by atoms with Gasteiger partial charge in [0.05, 0.1) is 0 Å². The van der Waals surface area contributed by atoms with E-state index in [1.165, 1.54) is 6.42 Å². The Morgan fingerprint density at radius 2 is 1.77 bits per heavy atom. The number of nitrogens with zero attached hydrogens (tertiary/aromatic N) is 4. The predicted molar refractivity (Wildman–Crippen MR) is 89.3 cm³/mol. The Labute approximate surface area is 133 Å². The molecule has 0 unspecified atom stereocenters. The highest BCUT2D eigenvalue weighted by Gasteiger charge is 2.21. The fourth-order valence-corrected chi connectivity index (χ4v) is 2.91. The summed E-state index contributed by atoms with van der Waals surface area (Å²) in [6.45, 7) is 9.80. The van der Waals surface area contributed by atoms with Gasteiger partial charge in [0.1, 0.15) is 5.69 Å². The summed E-state index contributed by atoms with van der Waals surface area (Å²) in [7, 11) is 0. The number of rotatable bonds is 6. The molecule has 1 aliphatic heterocycles. The lowest BCUT2D eigenvalue weighted by molar-refractivity contribution is 0.0718. The molecular weight excluding hydrogens is 276 g/mol. The SMILES string of the molecule is CCCN(CCC)c1nc(C)cc(C(=O)N2CCCCC2)n1. The maximum absolute atomic E-state index is 12.7. The van der Waals surface area contributed by atoms with Gasteiger partial charge < -0.3 is 9.80 Å². The molecular formula is C17H28N4O. The molecule has 1 amide bonds. The van der Waals surface area contributed by atoms with Crippen LogP contribution in [-0.2, 0) is 0 Å². The fraction of sp³-hybridized carbons (Fsp3) is 0.706. The number of amides is 1. The zero-order chi connectivity index (χ0) is 15.9. The van der Waals surface area contributed by atoms with Crippen molar-refractivity contribution in [3.63, 3.8) is 0 Å². The lowest BCUT2D eigenvalue weighted by Gasteiger charge is -2.27. The maximum Gasteiger partial charge on any atom is 0.272 e. The normalized spacial score (nSPS) is 15.0. The van der Waals surface area contributed by atoms with Gasteiger partial charge in [-0.1, -0.05) is 13.8 Å². The Morgan fingerprint density at radius 1 is 1.14 bits per heavy atom. The van der Waals surface area contributed by atoms with E-state index < -0.39 is 0 Å². The van der Waals surface area contributed by atoms with Gasteiger partial charge in [-0.25, -0.2) is 9.97 Å². The van der Waals surface area contributed by atoms with Crippen LogP contribution in [0.4, 0.5) is 5.95 Å². The molecule has 0 N–H and O–H groups in total. The van der Waals surface area contributed by atoms with Gasteiger partial charge in [-0.15, -0.1) is 0 Å². The largest absolute Gasteiger partial charge is 0.341 e. The van der Waals surface area contributed by atoms with E-state index in [1.54, 1.807) is 0 Å². The van der Waals surface area contributed by atoms with Crippen molar-refractivity contribution in [2.75, 3.05) is 31.1 Å². The van der Waals surface area contributed by atoms with Crippen LogP contribution in [0.15, 0.2) is 6.07 Å². The first kappa shape index (κ1) is 16.7. The topological polar surface area (TPSA) is 49.3 Å². The standard InChI is InChI=1S/C17H28N4O/c1-4-9-21(10-5-2)17-18-14(3)13-15(19-17)16(22)20-11-7-6-8-12-20/h13H,4-12H2,1-3H3. The summed E-state index contributed by atoms with van der Waals surface area (Å²) >= 11 is 0. The van der Waals surface area contributed by atoms with Crippen molar-refractivity contribution in [3.05, 3.63) is 17.5 Å². The molecule has 0 aliphatic carbocycles. The molecule has 2 heterocycles. The number of hydrogen-bond acceptors (Lipinski definition) is 4. The van der Waals surface area contributed by atoms with E-state index in [9.17, 15) is 4.79 Å². The third-order valence-electron chi connectivity index (χ3n) is 3.97. The highest BCUT2D eigenvalue weighted by Crippen LogP contribution is 2.16. The van der Waals surface area contributed by atoms with Gasteiger partial charge in [0, 0.05) is 31.9 Å². The molecule has 1 aliphatic rings. The monoisotopic (exact) mass is 304 g/mol. The molecule has 5 heteroatoms. The number of aromatic nitrogens is 2. The van der Waals surface area contributed by atoms with Gasteiger partial charge >= 0.3 is 0 Å². The first-order chi connectivity index (χ1) is 10.7. The van der Waals surface area contributed by atoms with Gasteiger partial charge in [0.15, 0.2) is 0 Å². The zero-order valence-electron chi connectivity index (χ0n) is 14.1. The Balaban J connectivity index is 2.22. The molecule has 5 nitrogen and oxygen atoms in total. The van der Waals surface area contributed by atoms with Crippen LogP contribution in [0.25, 0.3) is 0 Å². The third-order valence-corrected chi connectivity index (χ3v) is 3.97. The molecule has 0 radical (unpaired) electrons. The van der Waals surface area contributed by atoms with E-state index in [0.717, 1.165) is 57.6 Å². The van der Waals surface area contributed by atoms with Crippen molar-refractivity contribution >= 4 is 11.9 Å². The van der Waals surface area contributed by atoms with Gasteiger partial charge in [0.25, 0.3) is 5.91 Å². The zero-order valence-corrected chi connectivity index (χ0v) is 14.1. The van der Waals surface area contributed by atoms with Crippen molar-refractivity contribution in [2.24, 2.45) is 0 Å². The van der Waals surface area contributed by atoms with Gasteiger partial charge in [0.2, 0.25) is 5.95 Å². The number of piperidine rings is 1. The Bertz CT molecular complexity index is 491. The van der Waals surface area contributed by atoms with E-state index in [2.05, 4.69) is 28.7 Å². The lowest BCUT2D eigenvalue weighted by Crippen LogP contribution is -2.36. The summed E-state index contributed by atoms with van der Waals surface area (Å²) in [5.74, 6) is 0.753. The minimum Gasteiger partial charge on any atom is -0.341 e. The molecule has 0 spiro atoms. The Morgan fingerprint density at radius 3 is 2.36 bits per heavy atom.